The molecule has 2 aromatic carbocycles. The summed E-state index contributed by atoms with van der Waals surface area (Å²) in [5.41, 5.74) is 1.30. The summed E-state index contributed by atoms with van der Waals surface area (Å²) in [4.78, 5) is 11.4. The molecule has 0 aromatic heterocycles. The molecule has 0 heterocycles. The van der Waals surface area contributed by atoms with E-state index in [1.165, 1.54) is 12.1 Å². The molecule has 0 unspecified atom stereocenters. The highest BCUT2D eigenvalue weighted by atomic mass is 79.9. The van der Waals surface area contributed by atoms with Crippen LogP contribution in [-0.2, 0) is 10.0 Å². The van der Waals surface area contributed by atoms with Crippen molar-refractivity contribution < 1.29 is 18.3 Å². The van der Waals surface area contributed by atoms with Crippen LogP contribution < -0.4 is 4.72 Å². The number of benzene rings is 2. The molecule has 2 rings (SSSR count). The van der Waals surface area contributed by atoms with E-state index in [1.54, 1.807) is 38.1 Å². The number of carboxylic acids is 1. The fourth-order valence-corrected chi connectivity index (χ4v) is 4.28. The normalized spacial score (nSPS) is 11.2. The van der Waals surface area contributed by atoms with E-state index in [2.05, 4.69) is 20.7 Å². The molecule has 0 aliphatic heterocycles. The first-order chi connectivity index (χ1) is 10.2. The number of carboxylic acid groups (broad SMARTS) is 1. The first-order valence-electron chi connectivity index (χ1n) is 6.34. The van der Waals surface area contributed by atoms with Crippen molar-refractivity contribution in [2.75, 3.05) is 4.72 Å². The zero-order valence-corrected chi connectivity index (χ0v) is 14.3. The van der Waals surface area contributed by atoms with Gasteiger partial charge in [-0.15, -0.1) is 0 Å². The lowest BCUT2D eigenvalue weighted by Crippen LogP contribution is -2.17. The molecule has 22 heavy (non-hydrogen) atoms. The van der Waals surface area contributed by atoms with Crippen molar-refractivity contribution in [3.63, 3.8) is 0 Å². The van der Waals surface area contributed by atoms with Gasteiger partial charge in [0.15, 0.2) is 0 Å². The molecule has 0 fully saturated rings. The zero-order chi connectivity index (χ0) is 16.5. The van der Waals surface area contributed by atoms with Crippen LogP contribution >= 0.6 is 15.9 Å². The highest BCUT2D eigenvalue weighted by molar-refractivity contribution is 9.10. The van der Waals surface area contributed by atoms with E-state index in [-0.39, 0.29) is 16.1 Å². The monoisotopic (exact) mass is 383 g/mol. The lowest BCUT2D eigenvalue weighted by molar-refractivity contribution is 0.0698. The first-order valence-corrected chi connectivity index (χ1v) is 8.62. The lowest BCUT2D eigenvalue weighted by Gasteiger charge is -2.15. The van der Waals surface area contributed by atoms with Crippen molar-refractivity contribution in [3.05, 3.63) is 57.6 Å². The van der Waals surface area contributed by atoms with Crippen LogP contribution in [0.2, 0.25) is 0 Å². The predicted molar refractivity (Wildman–Crippen MR) is 87.8 cm³/mol. The van der Waals surface area contributed by atoms with Crippen LogP contribution in [0.25, 0.3) is 0 Å². The van der Waals surface area contributed by atoms with Gasteiger partial charge in [-0.05, 0) is 59.1 Å². The summed E-state index contributed by atoms with van der Waals surface area (Å²) in [5, 5.41) is 9.29. The van der Waals surface area contributed by atoms with Gasteiger partial charge in [-0.2, -0.15) is 0 Å². The summed E-state index contributed by atoms with van der Waals surface area (Å²) in [6.45, 7) is 3.42. The van der Waals surface area contributed by atoms with Gasteiger partial charge in [-0.25, -0.2) is 13.2 Å². The van der Waals surface area contributed by atoms with Gasteiger partial charge in [0.2, 0.25) is 0 Å². The summed E-state index contributed by atoms with van der Waals surface area (Å²) in [5.74, 6) is -1.18. The summed E-state index contributed by atoms with van der Waals surface area (Å²) >= 11 is 3.19. The minimum Gasteiger partial charge on any atom is -0.478 e. The Bertz CT molecular complexity index is 847. The summed E-state index contributed by atoms with van der Waals surface area (Å²) in [7, 11) is -3.90. The Morgan fingerprint density at radius 2 is 1.82 bits per heavy atom. The van der Waals surface area contributed by atoms with E-state index in [0.717, 1.165) is 5.56 Å². The van der Waals surface area contributed by atoms with E-state index < -0.39 is 16.0 Å². The number of halogens is 1. The number of anilines is 1. The smallest absolute Gasteiger partial charge is 0.337 e. The molecule has 0 radical (unpaired) electrons. The second kappa shape index (κ2) is 6.10. The molecular formula is C15H14BrNO4S. The van der Waals surface area contributed by atoms with Gasteiger partial charge in [0, 0.05) is 4.47 Å². The second-order valence-electron chi connectivity index (χ2n) is 4.85. The minimum absolute atomic E-state index is 0.0475. The Balaban J connectivity index is 2.56. The molecule has 0 amide bonds. The van der Waals surface area contributed by atoms with Crippen molar-refractivity contribution in [1.29, 1.82) is 0 Å². The number of hydrogen-bond donors (Lipinski definition) is 2. The average Bonchev–Trinajstić information content (AvgIpc) is 2.41. The second-order valence-corrected chi connectivity index (χ2v) is 7.35. The van der Waals surface area contributed by atoms with Crippen LogP contribution in [0.15, 0.2) is 45.8 Å². The van der Waals surface area contributed by atoms with E-state index in [4.69, 9.17) is 0 Å². The summed E-state index contributed by atoms with van der Waals surface area (Å²) in [6.07, 6.45) is 0. The SMILES string of the molecule is Cc1cc(C)c(NS(=O)(=O)c2ccccc2Br)c(C(=O)O)c1. The quantitative estimate of drug-likeness (QED) is 0.844. The number of nitrogens with one attached hydrogen (secondary N) is 1. The molecule has 0 aliphatic rings. The number of rotatable bonds is 4. The number of aromatic carboxylic acids is 1. The molecule has 0 saturated heterocycles. The van der Waals surface area contributed by atoms with Crippen LogP contribution in [-0.4, -0.2) is 19.5 Å². The van der Waals surface area contributed by atoms with Crippen molar-refractivity contribution in [2.45, 2.75) is 18.7 Å². The van der Waals surface area contributed by atoms with Crippen molar-refractivity contribution in [1.82, 2.24) is 0 Å². The molecule has 116 valence electrons. The Hall–Kier alpha value is -1.86. The molecule has 5 nitrogen and oxygen atoms in total. The molecular weight excluding hydrogens is 370 g/mol. The molecule has 0 saturated carbocycles. The van der Waals surface area contributed by atoms with Crippen LogP contribution in [0, 0.1) is 13.8 Å². The van der Waals surface area contributed by atoms with E-state index in [9.17, 15) is 18.3 Å². The molecule has 0 atom stereocenters. The number of sulfonamides is 1. The third-order valence-corrected chi connectivity index (χ3v) is 5.43. The Morgan fingerprint density at radius 1 is 1.18 bits per heavy atom. The van der Waals surface area contributed by atoms with Crippen LogP contribution in [0.4, 0.5) is 5.69 Å². The molecule has 2 aromatic rings. The Morgan fingerprint density at radius 3 is 2.41 bits per heavy atom. The van der Waals surface area contributed by atoms with Gasteiger partial charge < -0.3 is 5.11 Å². The average molecular weight is 384 g/mol. The van der Waals surface area contributed by atoms with Gasteiger partial charge in [-0.1, -0.05) is 18.2 Å². The van der Waals surface area contributed by atoms with Gasteiger partial charge in [0.1, 0.15) is 4.90 Å². The van der Waals surface area contributed by atoms with E-state index >= 15 is 0 Å². The van der Waals surface area contributed by atoms with Crippen LogP contribution in [0.3, 0.4) is 0 Å². The minimum atomic E-state index is -3.90. The summed E-state index contributed by atoms with van der Waals surface area (Å²) < 4.78 is 27.8. The number of carbonyl (C=O) groups is 1. The number of aryl methyl sites for hydroxylation is 2. The van der Waals surface area contributed by atoms with E-state index in [0.29, 0.717) is 10.0 Å². The van der Waals surface area contributed by atoms with Gasteiger partial charge >= 0.3 is 5.97 Å². The molecule has 7 heteroatoms. The maximum Gasteiger partial charge on any atom is 0.337 e. The van der Waals surface area contributed by atoms with Gasteiger partial charge in [-0.3, -0.25) is 4.72 Å². The third-order valence-electron chi connectivity index (χ3n) is 3.07. The fraction of sp³-hybridized carbons (Fsp3) is 0.133. The van der Waals surface area contributed by atoms with E-state index in [1.807, 2.05) is 0 Å². The predicted octanol–water partition coefficient (Wildman–Crippen LogP) is 3.56. The molecule has 0 bridgehead atoms. The summed E-state index contributed by atoms with van der Waals surface area (Å²) in [6, 6.07) is 9.50. The lowest BCUT2D eigenvalue weighted by atomic mass is 10.0. The Kier molecular flexibility index (Phi) is 4.58. The van der Waals surface area contributed by atoms with Crippen molar-refractivity contribution in [2.24, 2.45) is 0 Å². The largest absolute Gasteiger partial charge is 0.478 e. The highest BCUT2D eigenvalue weighted by Crippen LogP contribution is 2.28. The topological polar surface area (TPSA) is 83.5 Å². The first kappa shape index (κ1) is 16.5. The fourth-order valence-electron chi connectivity index (χ4n) is 2.12. The van der Waals surface area contributed by atoms with Gasteiger partial charge in [0.25, 0.3) is 10.0 Å². The molecule has 0 spiro atoms. The van der Waals surface area contributed by atoms with Gasteiger partial charge in [0.05, 0.1) is 11.3 Å². The molecule has 2 N–H and O–H groups in total. The van der Waals surface area contributed by atoms with Crippen LogP contribution in [0.1, 0.15) is 21.5 Å². The number of hydrogen-bond acceptors (Lipinski definition) is 3. The van der Waals surface area contributed by atoms with Crippen molar-refractivity contribution in [3.8, 4) is 0 Å². The third kappa shape index (κ3) is 3.31. The standard InChI is InChI=1S/C15H14BrNO4S/c1-9-7-10(2)14(11(8-9)15(18)19)17-22(20,21)13-6-4-3-5-12(13)16/h3-8,17H,1-2H3,(H,18,19). The Labute approximate surface area is 137 Å². The zero-order valence-electron chi connectivity index (χ0n) is 11.9. The van der Waals surface area contributed by atoms with Crippen LogP contribution in [0.5, 0.6) is 0 Å². The maximum atomic E-state index is 12.5. The highest BCUT2D eigenvalue weighted by Gasteiger charge is 2.22. The van der Waals surface area contributed by atoms with Crippen molar-refractivity contribution >= 4 is 37.6 Å². The maximum absolute atomic E-state index is 12.5. The molecule has 0 aliphatic carbocycles.